The number of aryl methyl sites for hydroxylation is 1. The lowest BCUT2D eigenvalue weighted by Gasteiger charge is -2.26. The first-order chi connectivity index (χ1) is 6.09. The van der Waals surface area contributed by atoms with E-state index < -0.39 is 10.0 Å². The lowest BCUT2D eigenvalue weighted by molar-refractivity contribution is 0.534. The molecule has 6 heteroatoms. The molecule has 5 nitrogen and oxygen atoms in total. The van der Waals surface area contributed by atoms with Crippen LogP contribution in [0.25, 0.3) is 0 Å². The first-order valence-electron chi connectivity index (χ1n) is 4.08. The van der Waals surface area contributed by atoms with Crippen LogP contribution in [-0.4, -0.2) is 31.0 Å². The van der Waals surface area contributed by atoms with Crippen molar-refractivity contribution in [1.82, 2.24) is 9.78 Å². The summed E-state index contributed by atoms with van der Waals surface area (Å²) in [7, 11) is -3.14. The number of nitrogens with zero attached hydrogens (tertiary/aromatic N) is 3. The normalized spacial score (nSPS) is 17.2. The van der Waals surface area contributed by atoms with Crippen LogP contribution in [0, 0.1) is 0 Å². The van der Waals surface area contributed by atoms with Crippen molar-refractivity contribution in [1.29, 1.82) is 0 Å². The molecule has 1 aromatic rings. The number of hydrogen-bond donors (Lipinski definition) is 0. The second kappa shape index (κ2) is 2.73. The second-order valence-electron chi connectivity index (χ2n) is 3.10. The van der Waals surface area contributed by atoms with Gasteiger partial charge in [0.2, 0.25) is 10.0 Å². The molecule has 0 aliphatic carbocycles. The van der Waals surface area contributed by atoms with Crippen molar-refractivity contribution in [3.05, 3.63) is 12.3 Å². The molecular formula is C7H11N3O2S. The van der Waals surface area contributed by atoms with E-state index in [1.807, 2.05) is 0 Å². The molecule has 0 amide bonds. The summed E-state index contributed by atoms with van der Waals surface area (Å²) >= 11 is 0. The molecule has 1 aliphatic rings. The van der Waals surface area contributed by atoms with Gasteiger partial charge in [-0.25, -0.2) is 13.1 Å². The van der Waals surface area contributed by atoms with Gasteiger partial charge in [-0.2, -0.15) is 5.10 Å². The van der Waals surface area contributed by atoms with Gasteiger partial charge in [-0.3, -0.25) is 4.31 Å². The zero-order chi connectivity index (χ0) is 9.47. The van der Waals surface area contributed by atoms with E-state index in [9.17, 15) is 8.42 Å². The molecule has 0 aromatic carbocycles. The van der Waals surface area contributed by atoms with Gasteiger partial charge < -0.3 is 0 Å². The summed E-state index contributed by atoms with van der Waals surface area (Å²) in [6.45, 7) is 1.36. The van der Waals surface area contributed by atoms with Gasteiger partial charge in [0.05, 0.1) is 12.5 Å². The van der Waals surface area contributed by atoms with Gasteiger partial charge in [-0.1, -0.05) is 0 Å². The van der Waals surface area contributed by atoms with E-state index in [1.165, 1.54) is 10.6 Å². The highest BCUT2D eigenvalue weighted by Crippen LogP contribution is 2.21. The highest BCUT2D eigenvalue weighted by Gasteiger charge is 2.23. The fraction of sp³-hybridized carbons (Fsp3) is 0.571. The molecule has 0 atom stereocenters. The Balaban J connectivity index is 2.47. The van der Waals surface area contributed by atoms with Crippen LogP contribution in [0.15, 0.2) is 12.3 Å². The van der Waals surface area contributed by atoms with Gasteiger partial charge in [0.1, 0.15) is 5.82 Å². The SMILES string of the molecule is CS(=O)(=O)N1CCCn2nccc21. The first kappa shape index (κ1) is 8.55. The largest absolute Gasteiger partial charge is 0.254 e. The van der Waals surface area contributed by atoms with Crippen molar-refractivity contribution in [3.63, 3.8) is 0 Å². The number of anilines is 1. The zero-order valence-electron chi connectivity index (χ0n) is 7.34. The van der Waals surface area contributed by atoms with Crippen molar-refractivity contribution in [3.8, 4) is 0 Å². The zero-order valence-corrected chi connectivity index (χ0v) is 8.16. The molecule has 2 rings (SSSR count). The summed E-state index contributed by atoms with van der Waals surface area (Å²) in [5.74, 6) is 0.675. The summed E-state index contributed by atoms with van der Waals surface area (Å²) < 4.78 is 25.8. The molecule has 13 heavy (non-hydrogen) atoms. The third kappa shape index (κ3) is 1.41. The molecule has 0 unspecified atom stereocenters. The minimum atomic E-state index is -3.14. The summed E-state index contributed by atoms with van der Waals surface area (Å²) in [5, 5.41) is 4.03. The Hall–Kier alpha value is -1.04. The average molecular weight is 201 g/mol. The van der Waals surface area contributed by atoms with Crippen LogP contribution in [-0.2, 0) is 16.6 Å². The smallest absolute Gasteiger partial charge is 0.233 e. The van der Waals surface area contributed by atoms with Gasteiger partial charge in [-0.15, -0.1) is 0 Å². The maximum absolute atomic E-state index is 11.3. The van der Waals surface area contributed by atoms with Crippen LogP contribution in [0.4, 0.5) is 5.82 Å². The van der Waals surface area contributed by atoms with E-state index in [1.54, 1.807) is 16.9 Å². The minimum Gasteiger partial charge on any atom is -0.254 e. The lowest BCUT2D eigenvalue weighted by Crippen LogP contribution is -2.36. The van der Waals surface area contributed by atoms with Crippen molar-refractivity contribution in [2.75, 3.05) is 17.1 Å². The number of sulfonamides is 1. The van der Waals surface area contributed by atoms with E-state index >= 15 is 0 Å². The van der Waals surface area contributed by atoms with Gasteiger partial charge in [-0.05, 0) is 6.42 Å². The third-order valence-electron chi connectivity index (χ3n) is 2.08. The number of fused-ring (bicyclic) bond motifs is 1. The number of hydrogen-bond acceptors (Lipinski definition) is 3. The second-order valence-corrected chi connectivity index (χ2v) is 5.01. The third-order valence-corrected chi connectivity index (χ3v) is 3.25. The van der Waals surface area contributed by atoms with Gasteiger partial charge in [0.25, 0.3) is 0 Å². The van der Waals surface area contributed by atoms with Crippen LogP contribution in [0.3, 0.4) is 0 Å². The fourth-order valence-electron chi connectivity index (χ4n) is 1.52. The van der Waals surface area contributed by atoms with E-state index in [0.29, 0.717) is 12.4 Å². The molecule has 0 N–H and O–H groups in total. The summed E-state index contributed by atoms with van der Waals surface area (Å²) in [6, 6.07) is 1.72. The number of rotatable bonds is 1. The van der Waals surface area contributed by atoms with E-state index in [2.05, 4.69) is 5.10 Å². The van der Waals surface area contributed by atoms with Gasteiger partial charge in [0, 0.05) is 19.2 Å². The topological polar surface area (TPSA) is 55.2 Å². The van der Waals surface area contributed by atoms with Crippen molar-refractivity contribution in [2.45, 2.75) is 13.0 Å². The Morgan fingerprint density at radius 3 is 2.92 bits per heavy atom. The molecule has 0 bridgehead atoms. The molecule has 0 saturated heterocycles. The van der Waals surface area contributed by atoms with Gasteiger partial charge >= 0.3 is 0 Å². The van der Waals surface area contributed by atoms with Crippen molar-refractivity contribution in [2.24, 2.45) is 0 Å². The van der Waals surface area contributed by atoms with Crippen LogP contribution in [0.1, 0.15) is 6.42 Å². The first-order valence-corrected chi connectivity index (χ1v) is 5.93. The number of aromatic nitrogens is 2. The molecule has 1 aromatic heterocycles. The Labute approximate surface area is 77.0 Å². The molecule has 0 radical (unpaired) electrons. The highest BCUT2D eigenvalue weighted by molar-refractivity contribution is 7.92. The van der Waals surface area contributed by atoms with Crippen LogP contribution in [0.2, 0.25) is 0 Å². The standard InChI is InChI=1S/C7H11N3O2S/c1-13(11,12)10-6-2-5-9-7(10)3-4-8-9/h3-4H,2,5-6H2,1H3. The highest BCUT2D eigenvalue weighted by atomic mass is 32.2. The van der Waals surface area contributed by atoms with E-state index in [0.717, 1.165) is 13.0 Å². The van der Waals surface area contributed by atoms with Gasteiger partial charge in [0.15, 0.2) is 0 Å². The molecule has 0 fully saturated rings. The Bertz CT molecular complexity index is 409. The van der Waals surface area contributed by atoms with Crippen molar-refractivity contribution < 1.29 is 8.42 Å². The maximum Gasteiger partial charge on any atom is 0.233 e. The monoisotopic (exact) mass is 201 g/mol. The molecule has 0 saturated carbocycles. The maximum atomic E-state index is 11.3. The Kier molecular flexibility index (Phi) is 1.80. The van der Waals surface area contributed by atoms with E-state index in [4.69, 9.17) is 0 Å². The molecule has 1 aliphatic heterocycles. The summed E-state index contributed by atoms with van der Waals surface area (Å²) in [5.41, 5.74) is 0. The lowest BCUT2D eigenvalue weighted by atomic mass is 10.3. The molecule has 2 heterocycles. The van der Waals surface area contributed by atoms with Crippen molar-refractivity contribution >= 4 is 15.8 Å². The average Bonchev–Trinajstić information content (AvgIpc) is 2.48. The molecule has 72 valence electrons. The van der Waals surface area contributed by atoms with Crippen LogP contribution in [0.5, 0.6) is 0 Å². The quantitative estimate of drug-likeness (QED) is 0.645. The molecular weight excluding hydrogens is 190 g/mol. The predicted molar refractivity (Wildman–Crippen MR) is 49.0 cm³/mol. The summed E-state index contributed by atoms with van der Waals surface area (Å²) in [4.78, 5) is 0. The van der Waals surface area contributed by atoms with Crippen LogP contribution < -0.4 is 4.31 Å². The predicted octanol–water partition coefficient (Wildman–Crippen LogP) is 0.0528. The molecule has 0 spiro atoms. The Morgan fingerprint density at radius 1 is 1.46 bits per heavy atom. The summed E-state index contributed by atoms with van der Waals surface area (Å²) in [6.07, 6.45) is 3.66. The fourth-order valence-corrected chi connectivity index (χ4v) is 2.48. The minimum absolute atomic E-state index is 0.560. The van der Waals surface area contributed by atoms with Crippen LogP contribution >= 0.6 is 0 Å². The Morgan fingerprint density at radius 2 is 2.23 bits per heavy atom. The van der Waals surface area contributed by atoms with E-state index in [-0.39, 0.29) is 0 Å².